The first-order valence-corrected chi connectivity index (χ1v) is 13.2. The highest BCUT2D eigenvalue weighted by Gasteiger charge is 2.46. The van der Waals surface area contributed by atoms with E-state index >= 15 is 0 Å². The van der Waals surface area contributed by atoms with E-state index in [9.17, 15) is 15.3 Å². The Labute approximate surface area is 216 Å². The van der Waals surface area contributed by atoms with Crippen molar-refractivity contribution in [3.63, 3.8) is 0 Å². The quantitative estimate of drug-likeness (QED) is 0.151. The summed E-state index contributed by atoms with van der Waals surface area (Å²) in [5.74, 6) is -2.78. The molecule has 0 aliphatic rings. The molecule has 0 heterocycles. The lowest BCUT2D eigenvalue weighted by molar-refractivity contribution is -0.373. The second-order valence-corrected chi connectivity index (χ2v) is 11.1. The molecule has 0 unspecified atom stereocenters. The van der Waals surface area contributed by atoms with Crippen LogP contribution in [0.3, 0.4) is 0 Å². The highest BCUT2D eigenvalue weighted by atomic mass is 16.7. The van der Waals surface area contributed by atoms with Crippen LogP contribution in [0.15, 0.2) is 69.9 Å². The fourth-order valence-corrected chi connectivity index (χ4v) is 3.84. The maximum atomic E-state index is 10.6. The van der Waals surface area contributed by atoms with Gasteiger partial charge in [-0.05, 0) is 120 Å². The van der Waals surface area contributed by atoms with Gasteiger partial charge in [-0.15, -0.1) is 0 Å². The van der Waals surface area contributed by atoms with E-state index in [0.29, 0.717) is 19.3 Å². The monoisotopic (exact) mass is 486 g/mol. The zero-order valence-corrected chi connectivity index (χ0v) is 24.2. The van der Waals surface area contributed by atoms with E-state index in [4.69, 9.17) is 0 Å². The maximum Gasteiger partial charge on any atom is 0.282 e. The molecule has 0 atom stereocenters. The molecule has 0 saturated heterocycles. The predicted octanol–water partition coefficient (Wildman–Crippen LogP) is 8.85. The first kappa shape index (κ1) is 33.3. The largest absolute Gasteiger partial charge is 0.343 e. The van der Waals surface area contributed by atoms with Crippen molar-refractivity contribution < 1.29 is 15.3 Å². The van der Waals surface area contributed by atoms with Crippen LogP contribution in [0.4, 0.5) is 0 Å². The Morgan fingerprint density at radius 2 is 0.714 bits per heavy atom. The van der Waals surface area contributed by atoms with Crippen molar-refractivity contribution in [1.29, 1.82) is 0 Å². The van der Waals surface area contributed by atoms with Gasteiger partial charge in [0.15, 0.2) is 0 Å². The van der Waals surface area contributed by atoms with Crippen LogP contribution < -0.4 is 0 Å². The third-order valence-corrected chi connectivity index (χ3v) is 6.51. The van der Waals surface area contributed by atoms with Gasteiger partial charge in [0, 0.05) is 0 Å². The molecule has 3 nitrogen and oxygen atoms in total. The highest BCUT2D eigenvalue weighted by molar-refractivity contribution is 5.12. The van der Waals surface area contributed by atoms with Gasteiger partial charge in [0.05, 0.1) is 5.41 Å². The van der Waals surface area contributed by atoms with Crippen molar-refractivity contribution in [2.24, 2.45) is 5.41 Å². The second-order valence-electron chi connectivity index (χ2n) is 11.1. The van der Waals surface area contributed by atoms with Crippen LogP contribution in [0, 0.1) is 5.41 Å². The van der Waals surface area contributed by atoms with Gasteiger partial charge >= 0.3 is 0 Å². The van der Waals surface area contributed by atoms with E-state index < -0.39 is 11.4 Å². The molecule has 3 heteroatoms. The standard InChI is InChI=1S/C32H54O3/c1-25(2)13-10-16-28(7)19-22-31(32(33,34)35,23-20-29(8)17-11-14-26(3)4)24-21-30(9)18-12-15-27(5)6/h13-15,19-21,33-35H,10-12,16-18,22-24H2,1-9H3/b28-19+,29-20+,30-21+. The van der Waals surface area contributed by atoms with Crippen molar-refractivity contribution in [3.8, 4) is 0 Å². The summed E-state index contributed by atoms with van der Waals surface area (Å²) in [6, 6.07) is 0. The average Bonchev–Trinajstić information content (AvgIpc) is 2.71. The van der Waals surface area contributed by atoms with Gasteiger partial charge in [0.2, 0.25) is 0 Å². The van der Waals surface area contributed by atoms with E-state index in [2.05, 4.69) is 98.8 Å². The summed E-state index contributed by atoms with van der Waals surface area (Å²) < 4.78 is 0. The van der Waals surface area contributed by atoms with E-state index in [0.717, 1.165) is 38.5 Å². The second kappa shape index (κ2) is 16.9. The number of aliphatic hydroxyl groups is 3. The molecular weight excluding hydrogens is 432 g/mol. The Morgan fingerprint density at radius 1 is 0.457 bits per heavy atom. The molecule has 35 heavy (non-hydrogen) atoms. The Hall–Kier alpha value is -1.68. The molecule has 0 aliphatic carbocycles. The van der Waals surface area contributed by atoms with Gasteiger partial charge in [0.1, 0.15) is 0 Å². The molecule has 0 rings (SSSR count). The van der Waals surface area contributed by atoms with Crippen molar-refractivity contribution in [2.45, 2.75) is 126 Å². The minimum atomic E-state index is -2.78. The summed E-state index contributed by atoms with van der Waals surface area (Å²) in [4.78, 5) is 0. The normalized spacial score (nSPS) is 13.5. The topological polar surface area (TPSA) is 60.7 Å². The van der Waals surface area contributed by atoms with Crippen molar-refractivity contribution >= 4 is 0 Å². The van der Waals surface area contributed by atoms with Gasteiger partial charge in [-0.2, -0.15) is 0 Å². The average molecular weight is 487 g/mol. The van der Waals surface area contributed by atoms with Crippen LogP contribution in [0.2, 0.25) is 0 Å². The SMILES string of the molecule is CC(C)=CCC/C(C)=C/CC(C/C=C(\C)CCC=C(C)C)(C/C=C(\C)CCC=C(C)C)C(O)(O)O. The first-order valence-electron chi connectivity index (χ1n) is 13.2. The van der Waals surface area contributed by atoms with Crippen LogP contribution in [0.1, 0.15) is 120 Å². The third kappa shape index (κ3) is 15.8. The van der Waals surface area contributed by atoms with E-state index in [1.807, 2.05) is 0 Å². The fourth-order valence-electron chi connectivity index (χ4n) is 3.84. The summed E-state index contributed by atoms with van der Waals surface area (Å²) in [6.07, 6.45) is 19.7. The van der Waals surface area contributed by atoms with Gasteiger partial charge in [0.25, 0.3) is 5.97 Å². The van der Waals surface area contributed by atoms with Crippen LogP contribution in [0.5, 0.6) is 0 Å². The summed E-state index contributed by atoms with van der Waals surface area (Å²) >= 11 is 0. The molecule has 3 N–H and O–H groups in total. The highest BCUT2D eigenvalue weighted by Crippen LogP contribution is 2.42. The molecule has 0 aromatic carbocycles. The van der Waals surface area contributed by atoms with Crippen LogP contribution in [-0.4, -0.2) is 21.3 Å². The van der Waals surface area contributed by atoms with Crippen molar-refractivity contribution in [3.05, 3.63) is 69.9 Å². The third-order valence-electron chi connectivity index (χ3n) is 6.51. The first-order chi connectivity index (χ1) is 16.2. The lowest BCUT2D eigenvalue weighted by Crippen LogP contribution is -2.48. The van der Waals surface area contributed by atoms with Gasteiger partial charge in [-0.3, -0.25) is 0 Å². The Balaban J connectivity index is 5.88. The summed E-state index contributed by atoms with van der Waals surface area (Å²) in [6.45, 7) is 18.8. The lowest BCUT2D eigenvalue weighted by atomic mass is 9.74. The van der Waals surface area contributed by atoms with E-state index in [-0.39, 0.29) is 0 Å². The molecule has 0 radical (unpaired) electrons. The molecule has 0 aromatic rings. The molecule has 0 fully saturated rings. The lowest BCUT2D eigenvalue weighted by Gasteiger charge is -2.39. The number of rotatable bonds is 16. The predicted molar refractivity (Wildman–Crippen MR) is 153 cm³/mol. The molecule has 0 saturated carbocycles. The number of hydrogen-bond acceptors (Lipinski definition) is 3. The number of allylic oxidation sites excluding steroid dienone is 12. The van der Waals surface area contributed by atoms with Gasteiger partial charge < -0.3 is 15.3 Å². The minimum absolute atomic E-state index is 0.395. The van der Waals surface area contributed by atoms with Crippen molar-refractivity contribution in [2.75, 3.05) is 0 Å². The Kier molecular flexibility index (Phi) is 16.1. The Morgan fingerprint density at radius 3 is 0.914 bits per heavy atom. The Bertz CT molecular complexity index is 700. The summed E-state index contributed by atoms with van der Waals surface area (Å²) in [7, 11) is 0. The summed E-state index contributed by atoms with van der Waals surface area (Å²) in [5.41, 5.74) is 6.39. The molecule has 0 bridgehead atoms. The van der Waals surface area contributed by atoms with Crippen LogP contribution >= 0.6 is 0 Å². The number of hydrogen-bond donors (Lipinski definition) is 3. The van der Waals surface area contributed by atoms with E-state index in [1.54, 1.807) is 0 Å². The molecular formula is C32H54O3. The maximum absolute atomic E-state index is 10.6. The van der Waals surface area contributed by atoms with E-state index in [1.165, 1.54) is 33.4 Å². The fraction of sp³-hybridized carbons (Fsp3) is 0.625. The summed E-state index contributed by atoms with van der Waals surface area (Å²) in [5, 5.41) is 31.8. The van der Waals surface area contributed by atoms with Gasteiger partial charge in [-0.1, -0.05) is 69.9 Å². The molecule has 0 aliphatic heterocycles. The smallest absolute Gasteiger partial charge is 0.282 e. The zero-order valence-electron chi connectivity index (χ0n) is 24.2. The molecule has 0 amide bonds. The van der Waals surface area contributed by atoms with Crippen molar-refractivity contribution in [1.82, 2.24) is 0 Å². The van der Waals surface area contributed by atoms with Gasteiger partial charge in [-0.25, -0.2) is 0 Å². The molecule has 200 valence electrons. The van der Waals surface area contributed by atoms with Crippen LogP contribution in [0.25, 0.3) is 0 Å². The minimum Gasteiger partial charge on any atom is -0.343 e. The van der Waals surface area contributed by atoms with Crippen LogP contribution in [-0.2, 0) is 0 Å². The molecule has 0 spiro atoms. The zero-order chi connectivity index (χ0) is 27.1. The molecule has 0 aromatic heterocycles.